The van der Waals surface area contributed by atoms with Gasteiger partial charge < -0.3 is 10.1 Å². The second kappa shape index (κ2) is 8.18. The number of hydrogen-bond donors (Lipinski definition) is 1. The molecule has 1 N–H and O–H groups in total. The summed E-state index contributed by atoms with van der Waals surface area (Å²) in [6, 6.07) is 15.5. The summed E-state index contributed by atoms with van der Waals surface area (Å²) < 4.78 is 5.24. The maximum absolute atomic E-state index is 12.5. The Morgan fingerprint density at radius 1 is 1.00 bits per heavy atom. The zero-order valence-corrected chi connectivity index (χ0v) is 16.4. The van der Waals surface area contributed by atoms with Gasteiger partial charge in [-0.2, -0.15) is 0 Å². The van der Waals surface area contributed by atoms with Crippen LogP contribution in [-0.2, 0) is 9.53 Å². The first kappa shape index (κ1) is 18.9. The normalized spacial score (nSPS) is 10.5. The Balaban J connectivity index is 1.65. The molecule has 1 amide bonds. The summed E-state index contributed by atoms with van der Waals surface area (Å²) in [6.07, 6.45) is 0. The number of ether oxygens (including phenoxy) is 1. The van der Waals surface area contributed by atoms with Crippen LogP contribution < -0.4 is 5.32 Å². The standard InChI is InChI=1S/C22H21NO3S/c1-14-7-9-17(10-8-14)18-11-12-27-21(18)22(25)26-13-20(24)23-19-6-4-5-15(2)16(19)3/h4-12H,13H2,1-3H3,(H,23,24). The molecule has 0 unspecified atom stereocenters. The van der Waals surface area contributed by atoms with E-state index in [0.717, 1.165) is 33.5 Å². The van der Waals surface area contributed by atoms with E-state index in [1.54, 1.807) is 0 Å². The second-order valence-electron chi connectivity index (χ2n) is 6.40. The summed E-state index contributed by atoms with van der Waals surface area (Å²) in [7, 11) is 0. The van der Waals surface area contributed by atoms with E-state index in [1.807, 2.05) is 74.7 Å². The molecule has 0 spiro atoms. The van der Waals surface area contributed by atoms with Crippen LogP contribution in [0.4, 0.5) is 5.69 Å². The Hall–Kier alpha value is -2.92. The van der Waals surface area contributed by atoms with Gasteiger partial charge in [0, 0.05) is 11.3 Å². The summed E-state index contributed by atoms with van der Waals surface area (Å²) in [5.74, 6) is -0.845. The molecule has 1 heterocycles. The molecule has 0 saturated heterocycles. The molecular weight excluding hydrogens is 358 g/mol. The lowest BCUT2D eigenvalue weighted by molar-refractivity contribution is -0.119. The molecule has 0 aliphatic carbocycles. The number of hydrogen-bond acceptors (Lipinski definition) is 4. The molecule has 3 aromatic rings. The summed E-state index contributed by atoms with van der Waals surface area (Å²) >= 11 is 1.31. The summed E-state index contributed by atoms with van der Waals surface area (Å²) in [5.41, 5.74) is 5.74. The van der Waals surface area contributed by atoms with E-state index in [1.165, 1.54) is 11.3 Å². The van der Waals surface area contributed by atoms with Gasteiger partial charge in [0.25, 0.3) is 5.91 Å². The summed E-state index contributed by atoms with van der Waals surface area (Å²) in [4.78, 5) is 25.1. The van der Waals surface area contributed by atoms with Crippen LogP contribution in [0, 0.1) is 20.8 Å². The van der Waals surface area contributed by atoms with Crippen LogP contribution in [-0.4, -0.2) is 18.5 Å². The van der Waals surface area contributed by atoms with Gasteiger partial charge in [0.1, 0.15) is 4.88 Å². The summed E-state index contributed by atoms with van der Waals surface area (Å²) in [5, 5.41) is 4.64. The van der Waals surface area contributed by atoms with Crippen molar-refractivity contribution in [3.05, 3.63) is 75.5 Å². The molecule has 0 atom stereocenters. The monoisotopic (exact) mass is 379 g/mol. The van der Waals surface area contributed by atoms with Crippen LogP contribution in [0.1, 0.15) is 26.4 Å². The molecule has 0 saturated carbocycles. The fourth-order valence-corrected chi connectivity index (χ4v) is 3.51. The minimum atomic E-state index is -0.489. The second-order valence-corrected chi connectivity index (χ2v) is 7.32. The third kappa shape index (κ3) is 4.44. The molecule has 0 fully saturated rings. The summed E-state index contributed by atoms with van der Waals surface area (Å²) in [6.45, 7) is 5.61. The highest BCUT2D eigenvalue weighted by Gasteiger charge is 2.17. The third-order valence-corrected chi connectivity index (χ3v) is 5.32. The fourth-order valence-electron chi connectivity index (χ4n) is 2.70. The number of rotatable bonds is 5. The maximum atomic E-state index is 12.5. The molecule has 1 aromatic heterocycles. The zero-order chi connectivity index (χ0) is 19.4. The Morgan fingerprint density at radius 2 is 1.74 bits per heavy atom. The van der Waals surface area contributed by atoms with Crippen LogP contribution >= 0.6 is 11.3 Å². The van der Waals surface area contributed by atoms with Gasteiger partial charge in [0.2, 0.25) is 0 Å². The number of thiophene rings is 1. The molecular formula is C22H21NO3S. The van der Waals surface area contributed by atoms with Crippen LogP contribution in [0.5, 0.6) is 0 Å². The quantitative estimate of drug-likeness (QED) is 0.625. The average Bonchev–Trinajstić information content (AvgIpc) is 3.14. The number of amides is 1. The number of aryl methyl sites for hydroxylation is 2. The Morgan fingerprint density at radius 3 is 2.48 bits per heavy atom. The smallest absolute Gasteiger partial charge is 0.349 e. The zero-order valence-electron chi connectivity index (χ0n) is 15.5. The van der Waals surface area contributed by atoms with Crippen molar-refractivity contribution in [1.29, 1.82) is 0 Å². The molecule has 138 valence electrons. The highest BCUT2D eigenvalue weighted by Crippen LogP contribution is 2.29. The van der Waals surface area contributed by atoms with Crippen molar-refractivity contribution in [2.24, 2.45) is 0 Å². The van der Waals surface area contributed by atoms with Crippen molar-refractivity contribution in [1.82, 2.24) is 0 Å². The van der Waals surface area contributed by atoms with E-state index in [0.29, 0.717) is 4.88 Å². The lowest BCUT2D eigenvalue weighted by atomic mass is 10.1. The lowest BCUT2D eigenvalue weighted by Gasteiger charge is -2.11. The van der Waals surface area contributed by atoms with Gasteiger partial charge in [-0.3, -0.25) is 4.79 Å². The van der Waals surface area contributed by atoms with Crippen LogP contribution in [0.15, 0.2) is 53.9 Å². The van der Waals surface area contributed by atoms with E-state index in [2.05, 4.69) is 5.32 Å². The molecule has 0 bridgehead atoms. The minimum Gasteiger partial charge on any atom is -0.451 e. The maximum Gasteiger partial charge on any atom is 0.349 e. The highest BCUT2D eigenvalue weighted by molar-refractivity contribution is 7.12. The largest absolute Gasteiger partial charge is 0.451 e. The molecule has 0 aliphatic heterocycles. The van der Waals surface area contributed by atoms with Crippen molar-refractivity contribution in [3.63, 3.8) is 0 Å². The number of anilines is 1. The Bertz CT molecular complexity index is 973. The van der Waals surface area contributed by atoms with Crippen LogP contribution in [0.25, 0.3) is 11.1 Å². The lowest BCUT2D eigenvalue weighted by Crippen LogP contribution is -2.21. The van der Waals surface area contributed by atoms with Gasteiger partial charge in [-0.25, -0.2) is 4.79 Å². The van der Waals surface area contributed by atoms with E-state index < -0.39 is 5.97 Å². The average molecular weight is 379 g/mol. The first-order valence-electron chi connectivity index (χ1n) is 8.63. The number of benzene rings is 2. The number of carbonyl (C=O) groups excluding carboxylic acids is 2. The van der Waals surface area contributed by atoms with Gasteiger partial charge in [-0.15, -0.1) is 11.3 Å². The minimum absolute atomic E-state index is 0.322. The van der Waals surface area contributed by atoms with Gasteiger partial charge in [-0.1, -0.05) is 42.0 Å². The van der Waals surface area contributed by atoms with Crippen molar-refractivity contribution in [3.8, 4) is 11.1 Å². The molecule has 2 aromatic carbocycles. The molecule has 5 heteroatoms. The predicted octanol–water partition coefficient (Wildman–Crippen LogP) is 5.14. The van der Waals surface area contributed by atoms with Crippen LogP contribution in [0.3, 0.4) is 0 Å². The van der Waals surface area contributed by atoms with Crippen molar-refractivity contribution in [2.45, 2.75) is 20.8 Å². The molecule has 4 nitrogen and oxygen atoms in total. The fraction of sp³-hybridized carbons (Fsp3) is 0.182. The van der Waals surface area contributed by atoms with E-state index in [4.69, 9.17) is 4.74 Å². The Labute approximate surface area is 162 Å². The van der Waals surface area contributed by atoms with Crippen molar-refractivity contribution in [2.75, 3.05) is 11.9 Å². The first-order chi connectivity index (χ1) is 13.0. The van der Waals surface area contributed by atoms with Gasteiger partial charge >= 0.3 is 5.97 Å². The van der Waals surface area contributed by atoms with E-state index >= 15 is 0 Å². The molecule has 0 radical (unpaired) electrons. The van der Waals surface area contributed by atoms with Crippen LogP contribution in [0.2, 0.25) is 0 Å². The van der Waals surface area contributed by atoms with E-state index in [-0.39, 0.29) is 12.5 Å². The first-order valence-corrected chi connectivity index (χ1v) is 9.51. The Kier molecular flexibility index (Phi) is 5.72. The number of carbonyl (C=O) groups is 2. The van der Waals surface area contributed by atoms with Crippen molar-refractivity contribution < 1.29 is 14.3 Å². The predicted molar refractivity (Wildman–Crippen MR) is 109 cm³/mol. The topological polar surface area (TPSA) is 55.4 Å². The van der Waals surface area contributed by atoms with Gasteiger partial charge in [-0.05, 0) is 55.0 Å². The van der Waals surface area contributed by atoms with Gasteiger partial charge in [0.05, 0.1) is 0 Å². The number of nitrogens with one attached hydrogen (secondary N) is 1. The SMILES string of the molecule is Cc1ccc(-c2ccsc2C(=O)OCC(=O)Nc2cccc(C)c2C)cc1. The number of esters is 1. The van der Waals surface area contributed by atoms with E-state index in [9.17, 15) is 9.59 Å². The van der Waals surface area contributed by atoms with Crippen molar-refractivity contribution >= 4 is 28.9 Å². The van der Waals surface area contributed by atoms with Gasteiger partial charge in [0.15, 0.2) is 6.61 Å². The molecule has 27 heavy (non-hydrogen) atoms. The molecule has 3 rings (SSSR count). The molecule has 0 aliphatic rings. The third-order valence-electron chi connectivity index (χ3n) is 4.43. The highest BCUT2D eigenvalue weighted by atomic mass is 32.1.